The fourth-order valence-electron chi connectivity index (χ4n) is 1.66. The molecule has 0 N–H and O–H groups in total. The van der Waals surface area contributed by atoms with E-state index in [0.717, 1.165) is 5.56 Å². The highest BCUT2D eigenvalue weighted by molar-refractivity contribution is 5.96. The lowest BCUT2D eigenvalue weighted by Gasteiger charge is -2.10. The molecule has 0 aromatic heterocycles. The van der Waals surface area contributed by atoms with E-state index < -0.39 is 11.9 Å². The van der Waals surface area contributed by atoms with Gasteiger partial charge in [-0.15, -0.1) is 0 Å². The van der Waals surface area contributed by atoms with Crippen LogP contribution in [-0.4, -0.2) is 19.0 Å². The van der Waals surface area contributed by atoms with Crippen LogP contribution in [0.2, 0.25) is 0 Å². The van der Waals surface area contributed by atoms with E-state index in [-0.39, 0.29) is 12.5 Å². The average molecular weight is 276 g/mol. The monoisotopic (exact) mass is 276 g/mol. The molecule has 0 aliphatic carbocycles. The van der Waals surface area contributed by atoms with Gasteiger partial charge in [-0.05, 0) is 17.9 Å². The zero-order valence-corrected chi connectivity index (χ0v) is 12.1. The van der Waals surface area contributed by atoms with Crippen molar-refractivity contribution >= 4 is 11.9 Å². The summed E-state index contributed by atoms with van der Waals surface area (Å²) >= 11 is 0. The van der Waals surface area contributed by atoms with Crippen molar-refractivity contribution in [2.45, 2.75) is 26.9 Å². The normalized spacial score (nSPS) is 11.3. The van der Waals surface area contributed by atoms with Crippen molar-refractivity contribution in [1.82, 2.24) is 0 Å². The molecule has 0 amide bonds. The predicted molar refractivity (Wildman–Crippen MR) is 75.8 cm³/mol. The summed E-state index contributed by atoms with van der Waals surface area (Å²) in [6, 6.07) is 9.40. The minimum absolute atomic E-state index is 0.191. The summed E-state index contributed by atoms with van der Waals surface area (Å²) in [6.45, 7) is 4.13. The number of rotatable bonds is 6. The number of ether oxygens (including phenoxy) is 2. The van der Waals surface area contributed by atoms with Crippen LogP contribution in [0.5, 0.6) is 0 Å². The lowest BCUT2D eigenvalue weighted by Crippen LogP contribution is -2.12. The summed E-state index contributed by atoms with van der Waals surface area (Å²) in [4.78, 5) is 23.3. The van der Waals surface area contributed by atoms with Crippen LogP contribution in [0.1, 0.15) is 25.8 Å². The van der Waals surface area contributed by atoms with Gasteiger partial charge in [0.25, 0.3) is 0 Å². The van der Waals surface area contributed by atoms with Gasteiger partial charge in [-0.2, -0.15) is 0 Å². The highest BCUT2D eigenvalue weighted by Crippen LogP contribution is 2.14. The van der Waals surface area contributed by atoms with Crippen LogP contribution in [0, 0.1) is 5.92 Å². The van der Waals surface area contributed by atoms with Crippen molar-refractivity contribution in [3.05, 3.63) is 47.5 Å². The van der Waals surface area contributed by atoms with Crippen molar-refractivity contribution in [1.29, 1.82) is 0 Å². The first-order valence-corrected chi connectivity index (χ1v) is 6.52. The lowest BCUT2D eigenvalue weighted by molar-refractivity contribution is -0.141. The zero-order valence-electron chi connectivity index (χ0n) is 12.1. The molecule has 108 valence electrons. The molecule has 0 aliphatic rings. The number of carbonyl (C=O) groups excluding carboxylic acids is 2. The molecule has 1 aromatic carbocycles. The van der Waals surface area contributed by atoms with Crippen LogP contribution in [0.15, 0.2) is 42.0 Å². The maximum Gasteiger partial charge on any atom is 0.334 e. The summed E-state index contributed by atoms with van der Waals surface area (Å²) in [6.07, 6.45) is 1.68. The van der Waals surface area contributed by atoms with Crippen molar-refractivity contribution < 1.29 is 19.1 Å². The van der Waals surface area contributed by atoms with Crippen molar-refractivity contribution in [3.63, 3.8) is 0 Å². The minimum atomic E-state index is -0.544. The van der Waals surface area contributed by atoms with Crippen LogP contribution in [-0.2, 0) is 25.7 Å². The zero-order chi connectivity index (χ0) is 15.0. The maximum atomic E-state index is 12.0. The topological polar surface area (TPSA) is 52.6 Å². The Morgan fingerprint density at radius 2 is 1.85 bits per heavy atom. The number of benzene rings is 1. The lowest BCUT2D eigenvalue weighted by atomic mass is 10.0. The second-order valence-electron chi connectivity index (χ2n) is 4.85. The van der Waals surface area contributed by atoms with Gasteiger partial charge in [0.1, 0.15) is 6.61 Å². The summed E-state index contributed by atoms with van der Waals surface area (Å²) in [5.74, 6) is -0.777. The third-order valence-corrected chi connectivity index (χ3v) is 2.60. The minimum Gasteiger partial charge on any atom is -0.466 e. The van der Waals surface area contributed by atoms with Gasteiger partial charge in [-0.25, -0.2) is 9.59 Å². The van der Waals surface area contributed by atoms with Gasteiger partial charge in [0, 0.05) is 11.6 Å². The SMILES string of the molecule is COC(=O)/C=C(\CC(C)C)C(=O)OCc1ccccc1. The van der Waals surface area contributed by atoms with E-state index in [1.807, 2.05) is 44.2 Å². The molecule has 1 rings (SSSR count). The largest absolute Gasteiger partial charge is 0.466 e. The van der Waals surface area contributed by atoms with Crippen LogP contribution >= 0.6 is 0 Å². The fraction of sp³-hybridized carbons (Fsp3) is 0.375. The van der Waals surface area contributed by atoms with Crippen LogP contribution in [0.25, 0.3) is 0 Å². The molecule has 0 unspecified atom stereocenters. The number of hydrogen-bond acceptors (Lipinski definition) is 4. The molecule has 20 heavy (non-hydrogen) atoms. The summed E-state index contributed by atoms with van der Waals surface area (Å²) in [5, 5.41) is 0. The first-order chi connectivity index (χ1) is 9.52. The van der Waals surface area contributed by atoms with Crippen molar-refractivity contribution in [2.75, 3.05) is 7.11 Å². The van der Waals surface area contributed by atoms with E-state index in [9.17, 15) is 9.59 Å². The molecular weight excluding hydrogens is 256 g/mol. The van der Waals surface area contributed by atoms with Gasteiger partial charge in [0.05, 0.1) is 7.11 Å². The molecule has 4 heteroatoms. The molecule has 1 aromatic rings. The summed E-state index contributed by atoms with van der Waals surface area (Å²) < 4.78 is 9.77. The van der Waals surface area contributed by atoms with E-state index >= 15 is 0 Å². The summed E-state index contributed by atoms with van der Waals surface area (Å²) in [7, 11) is 1.28. The Hall–Kier alpha value is -2.10. The Labute approximate surface area is 119 Å². The molecule has 0 saturated heterocycles. The van der Waals surface area contributed by atoms with Gasteiger partial charge >= 0.3 is 11.9 Å². The van der Waals surface area contributed by atoms with E-state index in [1.165, 1.54) is 13.2 Å². The Morgan fingerprint density at radius 1 is 1.20 bits per heavy atom. The Kier molecular flexibility index (Phi) is 6.50. The molecule has 0 saturated carbocycles. The Bertz CT molecular complexity index is 475. The maximum absolute atomic E-state index is 12.0. The molecule has 0 radical (unpaired) electrons. The molecule has 4 nitrogen and oxygen atoms in total. The standard InChI is InChI=1S/C16H20O4/c1-12(2)9-14(10-15(17)19-3)16(18)20-11-13-7-5-4-6-8-13/h4-8,10,12H,9,11H2,1-3H3/b14-10+. The fourth-order valence-corrected chi connectivity index (χ4v) is 1.66. The number of esters is 2. The van der Waals surface area contributed by atoms with Crippen LogP contribution in [0.4, 0.5) is 0 Å². The van der Waals surface area contributed by atoms with Crippen LogP contribution in [0.3, 0.4) is 0 Å². The first-order valence-electron chi connectivity index (χ1n) is 6.52. The third-order valence-electron chi connectivity index (χ3n) is 2.60. The highest BCUT2D eigenvalue weighted by Gasteiger charge is 2.15. The Morgan fingerprint density at radius 3 is 2.40 bits per heavy atom. The molecule has 0 atom stereocenters. The third kappa shape index (κ3) is 5.69. The first kappa shape index (κ1) is 16.0. The van der Waals surface area contributed by atoms with E-state index in [1.54, 1.807) is 0 Å². The van der Waals surface area contributed by atoms with E-state index in [2.05, 4.69) is 4.74 Å². The average Bonchev–Trinajstić information content (AvgIpc) is 2.44. The van der Waals surface area contributed by atoms with E-state index in [0.29, 0.717) is 12.0 Å². The van der Waals surface area contributed by atoms with Crippen LogP contribution < -0.4 is 0 Å². The molecule has 0 spiro atoms. The summed E-state index contributed by atoms with van der Waals surface area (Å²) in [5.41, 5.74) is 1.24. The Balaban J connectivity index is 2.68. The highest BCUT2D eigenvalue weighted by atomic mass is 16.5. The predicted octanol–water partition coefficient (Wildman–Crippen LogP) is 2.88. The molecule has 0 heterocycles. The number of methoxy groups -OCH3 is 1. The molecule has 0 bridgehead atoms. The number of carbonyl (C=O) groups is 2. The van der Waals surface area contributed by atoms with Gasteiger partial charge in [0.2, 0.25) is 0 Å². The van der Waals surface area contributed by atoms with Crippen molar-refractivity contribution in [3.8, 4) is 0 Å². The second kappa shape index (κ2) is 8.15. The van der Waals surface area contributed by atoms with Gasteiger partial charge in [0.15, 0.2) is 0 Å². The second-order valence-corrected chi connectivity index (χ2v) is 4.85. The number of hydrogen-bond donors (Lipinski definition) is 0. The smallest absolute Gasteiger partial charge is 0.334 e. The van der Waals surface area contributed by atoms with E-state index in [4.69, 9.17) is 4.74 Å². The van der Waals surface area contributed by atoms with Gasteiger partial charge in [-0.3, -0.25) is 0 Å². The quantitative estimate of drug-likeness (QED) is 0.592. The molecule has 0 fully saturated rings. The molecule has 0 aliphatic heterocycles. The van der Waals surface area contributed by atoms with Gasteiger partial charge in [-0.1, -0.05) is 44.2 Å². The van der Waals surface area contributed by atoms with Crippen molar-refractivity contribution in [2.24, 2.45) is 5.92 Å². The van der Waals surface area contributed by atoms with Gasteiger partial charge < -0.3 is 9.47 Å². The molecular formula is C16H20O4.